The molecule has 1 aromatic carbocycles. The maximum absolute atomic E-state index is 12.3. The van der Waals surface area contributed by atoms with Crippen LogP contribution in [0.1, 0.15) is 24.2 Å². The molecule has 1 heterocycles. The van der Waals surface area contributed by atoms with E-state index in [-0.39, 0.29) is 5.91 Å². The third-order valence-corrected chi connectivity index (χ3v) is 3.10. The molecule has 0 aliphatic rings. The van der Waals surface area contributed by atoms with Gasteiger partial charge in [0.2, 0.25) is 0 Å². The Balaban J connectivity index is 2.09. The van der Waals surface area contributed by atoms with E-state index in [4.69, 9.17) is 9.47 Å². The summed E-state index contributed by atoms with van der Waals surface area (Å²) < 4.78 is 10.4. The van der Waals surface area contributed by atoms with Crippen molar-refractivity contribution in [3.05, 3.63) is 42.1 Å². The maximum Gasteiger partial charge on any atom is 0.255 e. The quantitative estimate of drug-likeness (QED) is 0.856. The number of benzene rings is 1. The van der Waals surface area contributed by atoms with E-state index < -0.39 is 0 Å². The lowest BCUT2D eigenvalue weighted by Crippen LogP contribution is -2.13. The summed E-state index contributed by atoms with van der Waals surface area (Å²) in [6.07, 6.45) is 1.61. The average Bonchev–Trinajstić information content (AvgIpc) is 2.55. The number of pyridine rings is 1. The van der Waals surface area contributed by atoms with Gasteiger partial charge in [-0.2, -0.15) is 0 Å². The Morgan fingerprint density at radius 2 is 1.83 bits per heavy atom. The summed E-state index contributed by atoms with van der Waals surface area (Å²) in [6.45, 7) is 4.07. The zero-order valence-corrected chi connectivity index (χ0v) is 13.7. The van der Waals surface area contributed by atoms with Gasteiger partial charge in [-0.25, -0.2) is 4.98 Å². The molecule has 2 N–H and O–H groups in total. The minimum Gasteiger partial charge on any atom is -0.493 e. The number of rotatable bonds is 6. The SMILES string of the molecule is COc1ccc(C(=O)Nc2ccc(NC(C)C)nc2)cc1OC. The van der Waals surface area contributed by atoms with Gasteiger partial charge in [0.1, 0.15) is 5.82 Å². The van der Waals surface area contributed by atoms with E-state index in [0.29, 0.717) is 28.8 Å². The molecule has 0 radical (unpaired) electrons. The number of carbonyl (C=O) groups excluding carboxylic acids is 1. The highest BCUT2D eigenvalue weighted by Crippen LogP contribution is 2.27. The molecule has 1 amide bonds. The summed E-state index contributed by atoms with van der Waals surface area (Å²) in [5, 5.41) is 5.99. The summed E-state index contributed by atoms with van der Waals surface area (Å²) in [6, 6.07) is 8.94. The smallest absolute Gasteiger partial charge is 0.255 e. The van der Waals surface area contributed by atoms with Crippen molar-refractivity contribution in [2.24, 2.45) is 0 Å². The van der Waals surface area contributed by atoms with Gasteiger partial charge < -0.3 is 20.1 Å². The van der Waals surface area contributed by atoms with Crippen LogP contribution in [0, 0.1) is 0 Å². The molecule has 0 fully saturated rings. The van der Waals surface area contributed by atoms with Gasteiger partial charge in [-0.05, 0) is 44.2 Å². The van der Waals surface area contributed by atoms with Crippen LogP contribution < -0.4 is 20.1 Å². The Kier molecular flexibility index (Phi) is 5.41. The van der Waals surface area contributed by atoms with Crippen LogP contribution in [-0.4, -0.2) is 31.2 Å². The average molecular weight is 315 g/mol. The maximum atomic E-state index is 12.3. The van der Waals surface area contributed by atoms with E-state index in [1.54, 1.807) is 37.6 Å². The first-order valence-electron chi connectivity index (χ1n) is 7.29. The van der Waals surface area contributed by atoms with Crippen LogP contribution in [0.25, 0.3) is 0 Å². The van der Waals surface area contributed by atoms with Gasteiger partial charge in [0.05, 0.1) is 26.1 Å². The molecule has 0 bridgehead atoms. The van der Waals surface area contributed by atoms with Gasteiger partial charge in [0, 0.05) is 11.6 Å². The standard InChI is InChI=1S/C17H21N3O3/c1-11(2)19-16-8-6-13(10-18-16)20-17(21)12-5-7-14(22-3)15(9-12)23-4/h5-11H,1-4H3,(H,18,19)(H,20,21). The predicted molar refractivity (Wildman–Crippen MR) is 90.5 cm³/mol. The highest BCUT2D eigenvalue weighted by atomic mass is 16.5. The Hall–Kier alpha value is -2.76. The zero-order chi connectivity index (χ0) is 16.8. The third kappa shape index (κ3) is 4.35. The second-order valence-corrected chi connectivity index (χ2v) is 5.26. The van der Waals surface area contributed by atoms with Crippen LogP contribution in [0.5, 0.6) is 11.5 Å². The van der Waals surface area contributed by atoms with E-state index in [1.807, 2.05) is 19.9 Å². The number of nitrogens with zero attached hydrogens (tertiary/aromatic N) is 1. The van der Waals surface area contributed by atoms with E-state index in [9.17, 15) is 4.79 Å². The first-order valence-corrected chi connectivity index (χ1v) is 7.29. The minimum atomic E-state index is -0.239. The molecule has 23 heavy (non-hydrogen) atoms. The summed E-state index contributed by atoms with van der Waals surface area (Å²) in [5.41, 5.74) is 1.10. The summed E-state index contributed by atoms with van der Waals surface area (Å²) in [5.74, 6) is 1.62. The van der Waals surface area contributed by atoms with Gasteiger partial charge in [0.15, 0.2) is 11.5 Å². The summed E-state index contributed by atoms with van der Waals surface area (Å²) in [7, 11) is 3.08. The molecule has 6 heteroatoms. The second kappa shape index (κ2) is 7.49. The zero-order valence-electron chi connectivity index (χ0n) is 13.7. The number of hydrogen-bond acceptors (Lipinski definition) is 5. The van der Waals surface area contributed by atoms with E-state index in [1.165, 1.54) is 7.11 Å². The summed E-state index contributed by atoms with van der Waals surface area (Å²) >= 11 is 0. The molecule has 0 atom stereocenters. The molecule has 0 saturated carbocycles. The lowest BCUT2D eigenvalue weighted by Gasteiger charge is -2.11. The monoisotopic (exact) mass is 315 g/mol. The molecule has 0 aliphatic carbocycles. The molecule has 0 unspecified atom stereocenters. The largest absolute Gasteiger partial charge is 0.493 e. The molecule has 0 spiro atoms. The molecule has 1 aromatic heterocycles. The van der Waals surface area contributed by atoms with Crippen LogP contribution in [0.3, 0.4) is 0 Å². The van der Waals surface area contributed by atoms with E-state index >= 15 is 0 Å². The molecule has 2 aromatic rings. The van der Waals surface area contributed by atoms with E-state index in [0.717, 1.165) is 5.82 Å². The Labute approximate surface area is 135 Å². The fourth-order valence-corrected chi connectivity index (χ4v) is 2.03. The number of amides is 1. The molecule has 2 rings (SSSR count). The number of aromatic nitrogens is 1. The fraction of sp³-hybridized carbons (Fsp3) is 0.294. The molecule has 122 valence electrons. The topological polar surface area (TPSA) is 72.5 Å². The highest BCUT2D eigenvalue weighted by Gasteiger charge is 2.11. The van der Waals surface area contributed by atoms with Crippen molar-refractivity contribution in [1.82, 2.24) is 4.98 Å². The van der Waals surface area contributed by atoms with Crippen molar-refractivity contribution in [3.63, 3.8) is 0 Å². The van der Waals surface area contributed by atoms with Crippen molar-refractivity contribution in [1.29, 1.82) is 0 Å². The fourth-order valence-electron chi connectivity index (χ4n) is 2.03. The van der Waals surface area contributed by atoms with Crippen LogP contribution >= 0.6 is 0 Å². The van der Waals surface area contributed by atoms with Crippen LogP contribution in [0.4, 0.5) is 11.5 Å². The van der Waals surface area contributed by atoms with Crippen LogP contribution in [0.15, 0.2) is 36.5 Å². The molecule has 0 aliphatic heterocycles. The highest BCUT2D eigenvalue weighted by molar-refractivity contribution is 6.04. The number of methoxy groups -OCH3 is 2. The lowest BCUT2D eigenvalue weighted by atomic mass is 10.2. The molecular formula is C17H21N3O3. The van der Waals surface area contributed by atoms with Crippen LogP contribution in [0.2, 0.25) is 0 Å². The van der Waals surface area contributed by atoms with Gasteiger partial charge in [0.25, 0.3) is 5.91 Å². The number of nitrogens with one attached hydrogen (secondary N) is 2. The second-order valence-electron chi connectivity index (χ2n) is 5.26. The number of carbonyl (C=O) groups is 1. The van der Waals surface area contributed by atoms with Crippen molar-refractivity contribution in [2.45, 2.75) is 19.9 Å². The van der Waals surface area contributed by atoms with Gasteiger partial charge >= 0.3 is 0 Å². The summed E-state index contributed by atoms with van der Waals surface area (Å²) in [4.78, 5) is 16.5. The molecular weight excluding hydrogens is 294 g/mol. The lowest BCUT2D eigenvalue weighted by molar-refractivity contribution is 0.102. The van der Waals surface area contributed by atoms with Crippen molar-refractivity contribution in [3.8, 4) is 11.5 Å². The minimum absolute atomic E-state index is 0.239. The Morgan fingerprint density at radius 3 is 2.39 bits per heavy atom. The van der Waals surface area contributed by atoms with Crippen LogP contribution in [-0.2, 0) is 0 Å². The Morgan fingerprint density at radius 1 is 1.09 bits per heavy atom. The van der Waals surface area contributed by atoms with Gasteiger partial charge in [-0.15, -0.1) is 0 Å². The third-order valence-electron chi connectivity index (χ3n) is 3.10. The van der Waals surface area contributed by atoms with Crippen molar-refractivity contribution >= 4 is 17.4 Å². The van der Waals surface area contributed by atoms with Gasteiger partial charge in [-0.3, -0.25) is 4.79 Å². The van der Waals surface area contributed by atoms with Gasteiger partial charge in [-0.1, -0.05) is 0 Å². The Bertz CT molecular complexity index is 669. The number of anilines is 2. The van der Waals surface area contributed by atoms with E-state index in [2.05, 4.69) is 15.6 Å². The first-order chi connectivity index (χ1) is 11.0. The number of hydrogen-bond donors (Lipinski definition) is 2. The molecule has 0 saturated heterocycles. The first kappa shape index (κ1) is 16.6. The van der Waals surface area contributed by atoms with Crippen molar-refractivity contribution < 1.29 is 14.3 Å². The normalized spacial score (nSPS) is 10.3. The number of ether oxygens (including phenoxy) is 2. The predicted octanol–water partition coefficient (Wildman–Crippen LogP) is 3.17. The molecule has 6 nitrogen and oxygen atoms in total. The van der Waals surface area contributed by atoms with Crippen molar-refractivity contribution in [2.75, 3.05) is 24.9 Å².